The Hall–Kier alpha value is -2.12. The summed E-state index contributed by atoms with van der Waals surface area (Å²) < 4.78 is 19.9. The van der Waals surface area contributed by atoms with Crippen molar-refractivity contribution in [3.05, 3.63) is 68.8 Å². The van der Waals surface area contributed by atoms with E-state index in [4.69, 9.17) is 4.74 Å². The maximum absolute atomic E-state index is 13.3. The summed E-state index contributed by atoms with van der Waals surface area (Å²) in [4.78, 5) is 19.9. The number of amidine groups is 1. The molecule has 2 aromatic carbocycles. The number of hydrogen-bond donors (Lipinski definition) is 0. The molecule has 7 heteroatoms. The van der Waals surface area contributed by atoms with Crippen molar-refractivity contribution < 1.29 is 13.9 Å². The number of ether oxygens (including phenoxy) is 1. The first-order valence-corrected chi connectivity index (χ1v) is 11.3. The number of benzene rings is 2. The minimum absolute atomic E-state index is 0.0306. The lowest BCUT2D eigenvalue weighted by atomic mass is 10.2. The molecule has 1 aliphatic heterocycles. The average molecular weight is 491 g/mol. The lowest BCUT2D eigenvalue weighted by Gasteiger charge is -2.20. The largest absolute Gasteiger partial charge is 0.488 e. The predicted octanol–water partition coefficient (Wildman–Crippen LogP) is 6.26. The molecule has 0 unspecified atom stereocenters. The van der Waals surface area contributed by atoms with Crippen molar-refractivity contribution in [2.24, 2.45) is 4.99 Å². The molecule has 0 aromatic heterocycles. The van der Waals surface area contributed by atoms with Gasteiger partial charge in [-0.3, -0.25) is 14.7 Å². The summed E-state index contributed by atoms with van der Waals surface area (Å²) in [5, 5.41) is 0.741. The zero-order valence-electron chi connectivity index (χ0n) is 17.4. The third-order valence-corrected chi connectivity index (χ3v) is 5.88. The molecule has 1 fully saturated rings. The highest BCUT2D eigenvalue weighted by Crippen LogP contribution is 2.35. The molecule has 0 atom stereocenters. The van der Waals surface area contributed by atoms with Gasteiger partial charge in [0.2, 0.25) is 0 Å². The summed E-state index contributed by atoms with van der Waals surface area (Å²) in [6, 6.07) is 12.1. The number of amides is 1. The number of thioether (sulfide) groups is 1. The first-order chi connectivity index (χ1) is 14.2. The van der Waals surface area contributed by atoms with Gasteiger partial charge >= 0.3 is 0 Å². The first kappa shape index (κ1) is 22.6. The van der Waals surface area contributed by atoms with Gasteiger partial charge in [-0.2, -0.15) is 0 Å². The van der Waals surface area contributed by atoms with Crippen LogP contribution in [0.1, 0.15) is 38.8 Å². The van der Waals surface area contributed by atoms with Crippen molar-refractivity contribution in [3.8, 4) is 5.75 Å². The van der Waals surface area contributed by atoms with Gasteiger partial charge in [0, 0.05) is 12.1 Å². The Labute approximate surface area is 189 Å². The van der Waals surface area contributed by atoms with Crippen molar-refractivity contribution in [3.63, 3.8) is 0 Å². The molecule has 3 rings (SSSR count). The molecule has 158 valence electrons. The number of aliphatic imine (C=N–C) groups is 1. The molecule has 0 bridgehead atoms. The zero-order valence-corrected chi connectivity index (χ0v) is 19.8. The van der Waals surface area contributed by atoms with Crippen LogP contribution in [0.3, 0.4) is 0 Å². The fourth-order valence-corrected chi connectivity index (χ4v) is 4.66. The third-order valence-electron chi connectivity index (χ3n) is 4.26. The van der Waals surface area contributed by atoms with Gasteiger partial charge in [0.05, 0.1) is 9.38 Å². The van der Waals surface area contributed by atoms with Gasteiger partial charge in [0.15, 0.2) is 5.17 Å². The predicted molar refractivity (Wildman–Crippen MR) is 125 cm³/mol. The molecule has 1 amide bonds. The fraction of sp³-hybridized carbons (Fsp3) is 0.304. The van der Waals surface area contributed by atoms with Crippen LogP contribution in [0.5, 0.6) is 5.75 Å². The van der Waals surface area contributed by atoms with E-state index in [1.165, 1.54) is 23.9 Å². The third kappa shape index (κ3) is 5.52. The summed E-state index contributed by atoms with van der Waals surface area (Å²) >= 11 is 4.93. The van der Waals surface area contributed by atoms with Crippen LogP contribution in [0.4, 0.5) is 4.39 Å². The number of nitrogens with zero attached hydrogens (tertiary/aromatic N) is 2. The van der Waals surface area contributed by atoms with Gasteiger partial charge in [-0.1, -0.05) is 18.2 Å². The van der Waals surface area contributed by atoms with Crippen molar-refractivity contribution >= 4 is 44.8 Å². The van der Waals surface area contributed by atoms with E-state index in [0.29, 0.717) is 10.7 Å². The van der Waals surface area contributed by atoms with E-state index in [-0.39, 0.29) is 30.4 Å². The van der Waals surface area contributed by atoms with E-state index in [0.717, 1.165) is 20.8 Å². The van der Waals surface area contributed by atoms with Crippen LogP contribution in [0.2, 0.25) is 0 Å². The highest BCUT2D eigenvalue weighted by Gasteiger charge is 2.35. The van der Waals surface area contributed by atoms with Gasteiger partial charge in [0.25, 0.3) is 5.91 Å². The van der Waals surface area contributed by atoms with Crippen LogP contribution >= 0.6 is 27.7 Å². The minimum Gasteiger partial charge on any atom is -0.488 e. The van der Waals surface area contributed by atoms with Crippen LogP contribution in [-0.2, 0) is 11.4 Å². The molecule has 30 heavy (non-hydrogen) atoms. The molecule has 1 saturated heterocycles. The van der Waals surface area contributed by atoms with Crippen LogP contribution in [0.15, 0.2) is 56.8 Å². The summed E-state index contributed by atoms with van der Waals surface area (Å²) in [5.74, 6) is 0.335. The normalized spacial score (nSPS) is 17.1. The molecule has 0 radical (unpaired) electrons. The summed E-state index contributed by atoms with van der Waals surface area (Å²) in [7, 11) is 0. The van der Waals surface area contributed by atoms with Gasteiger partial charge in [-0.15, -0.1) is 0 Å². The molecule has 1 heterocycles. The topological polar surface area (TPSA) is 41.9 Å². The fourth-order valence-electron chi connectivity index (χ4n) is 2.92. The second-order valence-corrected chi connectivity index (χ2v) is 9.36. The Balaban J connectivity index is 1.77. The lowest BCUT2D eigenvalue weighted by molar-refractivity contribution is -0.123. The Morgan fingerprint density at radius 1 is 1.20 bits per heavy atom. The first-order valence-electron chi connectivity index (χ1n) is 9.72. The lowest BCUT2D eigenvalue weighted by Crippen LogP contribution is -2.35. The van der Waals surface area contributed by atoms with E-state index >= 15 is 0 Å². The SMILES string of the molecule is CC(C)N=C1S/C(=C/c2ccc(OCc3cccc(F)c3)c(Br)c2)C(=O)N1C(C)C. The van der Waals surface area contributed by atoms with E-state index < -0.39 is 0 Å². The maximum atomic E-state index is 13.3. The molecule has 1 aliphatic rings. The molecule has 0 spiro atoms. The maximum Gasteiger partial charge on any atom is 0.266 e. The molecule has 0 N–H and O–H groups in total. The Morgan fingerprint density at radius 3 is 2.60 bits per heavy atom. The summed E-state index contributed by atoms with van der Waals surface area (Å²) in [6.45, 7) is 8.23. The van der Waals surface area contributed by atoms with Crippen LogP contribution < -0.4 is 4.74 Å². The van der Waals surface area contributed by atoms with E-state index in [1.807, 2.05) is 58.0 Å². The van der Waals surface area contributed by atoms with Gasteiger partial charge in [-0.25, -0.2) is 4.39 Å². The quantitative estimate of drug-likeness (QED) is 0.448. The highest BCUT2D eigenvalue weighted by atomic mass is 79.9. The number of rotatable bonds is 6. The second kappa shape index (κ2) is 9.79. The number of halogens is 2. The number of carbonyl (C=O) groups excluding carboxylic acids is 1. The van der Waals surface area contributed by atoms with Crippen molar-refractivity contribution in [1.29, 1.82) is 0 Å². The molecule has 0 saturated carbocycles. The van der Waals surface area contributed by atoms with Crippen molar-refractivity contribution in [2.45, 2.75) is 46.4 Å². The Morgan fingerprint density at radius 2 is 1.97 bits per heavy atom. The van der Waals surface area contributed by atoms with Gasteiger partial charge < -0.3 is 4.74 Å². The van der Waals surface area contributed by atoms with Crippen molar-refractivity contribution in [1.82, 2.24) is 4.90 Å². The Bertz CT molecular complexity index is 1000. The minimum atomic E-state index is -0.285. The summed E-state index contributed by atoms with van der Waals surface area (Å²) in [5.41, 5.74) is 1.64. The molecular weight excluding hydrogens is 467 g/mol. The Kier molecular flexibility index (Phi) is 7.36. The van der Waals surface area contributed by atoms with Gasteiger partial charge in [0.1, 0.15) is 18.2 Å². The van der Waals surface area contributed by atoms with Crippen LogP contribution in [0, 0.1) is 5.82 Å². The van der Waals surface area contributed by atoms with Crippen LogP contribution in [0.25, 0.3) is 6.08 Å². The van der Waals surface area contributed by atoms with Crippen molar-refractivity contribution in [2.75, 3.05) is 0 Å². The zero-order chi connectivity index (χ0) is 21.8. The number of hydrogen-bond acceptors (Lipinski definition) is 4. The van der Waals surface area contributed by atoms with Crippen LogP contribution in [-0.4, -0.2) is 28.1 Å². The summed E-state index contributed by atoms with van der Waals surface area (Å²) in [6.07, 6.45) is 1.87. The molecule has 4 nitrogen and oxygen atoms in total. The average Bonchev–Trinajstić information content (AvgIpc) is 2.95. The van der Waals surface area contributed by atoms with Gasteiger partial charge in [-0.05, 0) is 96.9 Å². The number of carbonyl (C=O) groups is 1. The molecular formula is C23H24BrFN2O2S. The van der Waals surface area contributed by atoms with E-state index in [1.54, 1.807) is 11.0 Å². The highest BCUT2D eigenvalue weighted by molar-refractivity contribution is 9.10. The molecule has 2 aromatic rings. The second-order valence-electron chi connectivity index (χ2n) is 7.49. The standard InChI is InChI=1S/C23H24BrFN2O2S/c1-14(2)26-23-27(15(3)4)22(28)21(30-23)12-16-8-9-20(19(24)11-16)29-13-17-6-5-7-18(25)10-17/h5-12,14-15H,13H2,1-4H3/b21-12+,26-23?. The molecule has 0 aliphatic carbocycles. The van der Waals surface area contributed by atoms with E-state index in [2.05, 4.69) is 20.9 Å². The monoisotopic (exact) mass is 490 g/mol. The van der Waals surface area contributed by atoms with E-state index in [9.17, 15) is 9.18 Å². The smallest absolute Gasteiger partial charge is 0.266 e.